The van der Waals surface area contributed by atoms with Crippen LogP contribution >= 0.6 is 0 Å². The highest BCUT2D eigenvalue weighted by Gasteiger charge is 2.25. The van der Waals surface area contributed by atoms with E-state index in [4.69, 9.17) is 0 Å². The van der Waals surface area contributed by atoms with Crippen molar-refractivity contribution >= 4 is 26.8 Å². The van der Waals surface area contributed by atoms with Crippen molar-refractivity contribution < 1.29 is 17.8 Å². The zero-order chi connectivity index (χ0) is 17.2. The van der Waals surface area contributed by atoms with Gasteiger partial charge in [-0.3, -0.25) is 4.79 Å². The van der Waals surface area contributed by atoms with Crippen molar-refractivity contribution in [1.82, 2.24) is 15.6 Å². The van der Waals surface area contributed by atoms with Crippen LogP contribution in [0.15, 0.2) is 27.7 Å². The number of hydrogen-bond donors (Lipinski definition) is 1. The number of amides is 1. The first-order chi connectivity index (χ1) is 11.5. The van der Waals surface area contributed by atoms with E-state index in [2.05, 4.69) is 27.2 Å². The smallest absolute Gasteiger partial charge is 0.221 e. The number of carbonyl (C=O) groups excluding carboxylic acids is 1. The standard InChI is InChI=1S/C16H21N3O4S/c1-11-5-2-3-6-12(11)17-15(20)9-10-24(21,22)14-8-4-7-13-16(14)19-23-18-13/h4,7-8,11-12H,2-3,5-6,9-10H2,1H3,(H,17,20)/t11-,12+/m0/s1. The molecule has 0 bridgehead atoms. The third-order valence-corrected chi connectivity index (χ3v) is 6.38. The number of sulfone groups is 1. The first-order valence-corrected chi connectivity index (χ1v) is 9.86. The van der Waals surface area contributed by atoms with Crippen LogP contribution in [0, 0.1) is 5.92 Å². The molecule has 0 unspecified atom stereocenters. The van der Waals surface area contributed by atoms with Crippen molar-refractivity contribution in [2.24, 2.45) is 5.92 Å². The fourth-order valence-corrected chi connectivity index (χ4v) is 4.58. The molecule has 1 heterocycles. The highest BCUT2D eigenvalue weighted by Crippen LogP contribution is 2.24. The van der Waals surface area contributed by atoms with Crippen molar-refractivity contribution in [3.8, 4) is 0 Å². The lowest BCUT2D eigenvalue weighted by molar-refractivity contribution is -0.122. The third kappa shape index (κ3) is 3.58. The molecule has 0 aliphatic heterocycles. The summed E-state index contributed by atoms with van der Waals surface area (Å²) < 4.78 is 29.6. The maximum absolute atomic E-state index is 12.5. The van der Waals surface area contributed by atoms with Gasteiger partial charge in [0.15, 0.2) is 15.4 Å². The molecule has 1 aromatic heterocycles. The molecule has 7 nitrogen and oxygen atoms in total. The van der Waals surface area contributed by atoms with Crippen LogP contribution in [0.5, 0.6) is 0 Å². The molecule has 1 fully saturated rings. The fraction of sp³-hybridized carbons (Fsp3) is 0.562. The Kier molecular flexibility index (Phi) is 4.84. The SMILES string of the molecule is C[C@H]1CCCC[C@H]1NC(=O)CCS(=O)(=O)c1cccc2nonc12. The summed E-state index contributed by atoms with van der Waals surface area (Å²) in [6, 6.07) is 4.82. The summed E-state index contributed by atoms with van der Waals surface area (Å²) in [4.78, 5) is 12.2. The molecule has 1 amide bonds. The van der Waals surface area contributed by atoms with Crippen LogP contribution < -0.4 is 5.32 Å². The summed E-state index contributed by atoms with van der Waals surface area (Å²) in [5, 5.41) is 10.3. The number of nitrogens with zero attached hydrogens (tertiary/aromatic N) is 2. The lowest BCUT2D eigenvalue weighted by atomic mass is 9.86. The lowest BCUT2D eigenvalue weighted by Crippen LogP contribution is -2.41. The highest BCUT2D eigenvalue weighted by atomic mass is 32.2. The molecule has 0 saturated heterocycles. The van der Waals surface area contributed by atoms with Gasteiger partial charge in [0.05, 0.1) is 10.6 Å². The van der Waals surface area contributed by atoms with E-state index in [-0.39, 0.29) is 34.5 Å². The molecule has 1 aliphatic rings. The summed E-state index contributed by atoms with van der Waals surface area (Å²) in [5.74, 6) is -0.0385. The van der Waals surface area contributed by atoms with E-state index in [0.29, 0.717) is 11.4 Å². The van der Waals surface area contributed by atoms with Crippen molar-refractivity contribution in [3.63, 3.8) is 0 Å². The van der Waals surface area contributed by atoms with E-state index in [9.17, 15) is 13.2 Å². The van der Waals surface area contributed by atoms with Crippen LogP contribution in [0.4, 0.5) is 0 Å². The lowest BCUT2D eigenvalue weighted by Gasteiger charge is -2.29. The van der Waals surface area contributed by atoms with Crippen LogP contribution in [-0.4, -0.2) is 36.4 Å². The Bertz CT molecular complexity index is 831. The molecule has 1 N–H and O–H groups in total. The molecular weight excluding hydrogens is 330 g/mol. The summed E-state index contributed by atoms with van der Waals surface area (Å²) in [5.41, 5.74) is 0.593. The van der Waals surface area contributed by atoms with Crippen LogP contribution in [0.25, 0.3) is 11.0 Å². The molecule has 1 aromatic carbocycles. The number of nitrogens with one attached hydrogen (secondary N) is 1. The summed E-state index contributed by atoms with van der Waals surface area (Å²) in [6.07, 6.45) is 4.30. The third-order valence-electron chi connectivity index (χ3n) is 4.64. The molecule has 0 spiro atoms. The zero-order valence-corrected chi connectivity index (χ0v) is 14.4. The Morgan fingerprint density at radius 2 is 2.08 bits per heavy atom. The average Bonchev–Trinajstić information content (AvgIpc) is 3.03. The fourth-order valence-electron chi connectivity index (χ4n) is 3.18. The minimum atomic E-state index is -3.63. The second kappa shape index (κ2) is 6.88. The maximum atomic E-state index is 12.5. The number of aromatic nitrogens is 2. The van der Waals surface area contributed by atoms with E-state index in [1.165, 1.54) is 12.5 Å². The first-order valence-electron chi connectivity index (χ1n) is 8.21. The van der Waals surface area contributed by atoms with Gasteiger partial charge in [0.2, 0.25) is 5.91 Å². The summed E-state index contributed by atoms with van der Waals surface area (Å²) in [6.45, 7) is 2.12. The summed E-state index contributed by atoms with van der Waals surface area (Å²) >= 11 is 0. The predicted octanol–water partition coefficient (Wildman–Crippen LogP) is 2.08. The van der Waals surface area contributed by atoms with Crippen LogP contribution in [0.3, 0.4) is 0 Å². The second-order valence-electron chi connectivity index (χ2n) is 6.39. The normalized spacial score (nSPS) is 21.7. The Balaban J connectivity index is 1.65. The van der Waals surface area contributed by atoms with Gasteiger partial charge >= 0.3 is 0 Å². The van der Waals surface area contributed by atoms with Crippen molar-refractivity contribution in [2.45, 2.75) is 50.0 Å². The van der Waals surface area contributed by atoms with Crippen LogP contribution in [0.1, 0.15) is 39.0 Å². The maximum Gasteiger partial charge on any atom is 0.221 e. The Morgan fingerprint density at radius 1 is 1.29 bits per heavy atom. The number of carbonyl (C=O) groups is 1. The Morgan fingerprint density at radius 3 is 2.88 bits per heavy atom. The van der Waals surface area contributed by atoms with Gasteiger partial charge in [-0.05, 0) is 41.2 Å². The van der Waals surface area contributed by atoms with Gasteiger partial charge in [0.1, 0.15) is 5.52 Å². The van der Waals surface area contributed by atoms with E-state index in [1.54, 1.807) is 12.1 Å². The molecule has 24 heavy (non-hydrogen) atoms. The van der Waals surface area contributed by atoms with Gasteiger partial charge in [-0.2, -0.15) is 0 Å². The Labute approximate surface area is 140 Å². The molecule has 2 aromatic rings. The minimum absolute atomic E-state index is 0.0556. The average molecular weight is 351 g/mol. The van der Waals surface area contributed by atoms with Gasteiger partial charge in [-0.1, -0.05) is 25.8 Å². The number of rotatable bonds is 5. The van der Waals surface area contributed by atoms with Gasteiger partial charge in [0.25, 0.3) is 0 Å². The topological polar surface area (TPSA) is 102 Å². The van der Waals surface area contributed by atoms with Gasteiger partial charge in [0, 0.05) is 12.5 Å². The van der Waals surface area contributed by atoms with Crippen molar-refractivity contribution in [3.05, 3.63) is 18.2 Å². The van der Waals surface area contributed by atoms with Crippen LogP contribution in [-0.2, 0) is 14.6 Å². The largest absolute Gasteiger partial charge is 0.353 e. The highest BCUT2D eigenvalue weighted by molar-refractivity contribution is 7.91. The van der Waals surface area contributed by atoms with Gasteiger partial charge in [-0.15, -0.1) is 0 Å². The van der Waals surface area contributed by atoms with Gasteiger partial charge in [-0.25, -0.2) is 13.0 Å². The molecule has 8 heteroatoms. The molecule has 0 radical (unpaired) electrons. The second-order valence-corrected chi connectivity index (χ2v) is 8.47. The van der Waals surface area contributed by atoms with Crippen LogP contribution in [0.2, 0.25) is 0 Å². The number of benzene rings is 1. The van der Waals surface area contributed by atoms with E-state index < -0.39 is 9.84 Å². The first kappa shape index (κ1) is 16.9. The van der Waals surface area contributed by atoms with E-state index >= 15 is 0 Å². The number of fused-ring (bicyclic) bond motifs is 1. The number of hydrogen-bond acceptors (Lipinski definition) is 6. The summed E-state index contributed by atoms with van der Waals surface area (Å²) in [7, 11) is -3.63. The molecule has 1 saturated carbocycles. The molecule has 130 valence electrons. The Hall–Kier alpha value is -1.96. The molecule has 3 rings (SSSR count). The molecule has 1 aliphatic carbocycles. The van der Waals surface area contributed by atoms with E-state index in [0.717, 1.165) is 19.3 Å². The molecule has 2 atom stereocenters. The zero-order valence-electron chi connectivity index (χ0n) is 13.6. The monoisotopic (exact) mass is 351 g/mol. The van der Waals surface area contributed by atoms with E-state index in [1.807, 2.05) is 0 Å². The van der Waals surface area contributed by atoms with Crippen molar-refractivity contribution in [2.75, 3.05) is 5.75 Å². The minimum Gasteiger partial charge on any atom is -0.353 e. The quantitative estimate of drug-likeness (QED) is 0.885. The van der Waals surface area contributed by atoms with Gasteiger partial charge < -0.3 is 5.32 Å². The van der Waals surface area contributed by atoms with Crippen molar-refractivity contribution in [1.29, 1.82) is 0 Å². The predicted molar refractivity (Wildman–Crippen MR) is 88.0 cm³/mol. The molecular formula is C16H21N3O4S.